The number of hydrogen-bond acceptors (Lipinski definition) is 3. The molecule has 0 bridgehead atoms. The summed E-state index contributed by atoms with van der Waals surface area (Å²) in [7, 11) is 1.74. The number of nitrogens with one attached hydrogen (secondary N) is 1. The van der Waals surface area contributed by atoms with Gasteiger partial charge in [0, 0.05) is 32.4 Å². The first-order chi connectivity index (χ1) is 9.56. The molecule has 116 valence electrons. The van der Waals surface area contributed by atoms with Crippen molar-refractivity contribution in [1.29, 1.82) is 0 Å². The van der Waals surface area contributed by atoms with E-state index in [4.69, 9.17) is 9.84 Å². The molecule has 0 atom stereocenters. The van der Waals surface area contributed by atoms with Crippen LogP contribution in [0.2, 0.25) is 0 Å². The highest BCUT2D eigenvalue weighted by molar-refractivity contribution is 5.04. The Kier molecular flexibility index (Phi) is 7.24. The Labute approximate surface area is 123 Å². The molecule has 0 unspecified atom stereocenters. The molecular weight excluding hydrogens is 250 g/mol. The average Bonchev–Trinajstić information content (AvgIpc) is 2.91. The summed E-state index contributed by atoms with van der Waals surface area (Å²) in [6.45, 7) is 11.6. The molecule has 1 aromatic heterocycles. The van der Waals surface area contributed by atoms with Crippen LogP contribution in [0.5, 0.6) is 0 Å². The molecule has 1 heterocycles. The molecule has 0 aromatic carbocycles. The van der Waals surface area contributed by atoms with Gasteiger partial charge in [-0.25, -0.2) is 0 Å². The Hall–Kier alpha value is -0.870. The molecule has 1 N–H and O–H groups in total. The van der Waals surface area contributed by atoms with E-state index >= 15 is 0 Å². The SMILES string of the molecule is CCC(CC)(CNCCOC)Cc1ccn(C(C)C)n1. The van der Waals surface area contributed by atoms with Gasteiger partial charge in [0.15, 0.2) is 0 Å². The van der Waals surface area contributed by atoms with Crippen LogP contribution in [0.3, 0.4) is 0 Å². The van der Waals surface area contributed by atoms with Gasteiger partial charge in [0.05, 0.1) is 12.3 Å². The van der Waals surface area contributed by atoms with Gasteiger partial charge in [-0.05, 0) is 44.6 Å². The quantitative estimate of drug-likeness (QED) is 0.670. The van der Waals surface area contributed by atoms with E-state index in [-0.39, 0.29) is 0 Å². The second-order valence-electron chi connectivity index (χ2n) is 5.93. The van der Waals surface area contributed by atoms with Crippen molar-refractivity contribution in [2.75, 3.05) is 26.8 Å². The number of aromatic nitrogens is 2. The molecule has 0 aliphatic heterocycles. The van der Waals surface area contributed by atoms with E-state index in [1.807, 2.05) is 4.68 Å². The van der Waals surface area contributed by atoms with Crippen molar-refractivity contribution in [3.8, 4) is 0 Å². The first-order valence-corrected chi connectivity index (χ1v) is 7.80. The van der Waals surface area contributed by atoms with Crippen LogP contribution in [0.1, 0.15) is 52.3 Å². The fraction of sp³-hybridized carbons (Fsp3) is 0.812. The monoisotopic (exact) mass is 281 g/mol. The molecule has 0 saturated carbocycles. The Balaban J connectivity index is 2.64. The summed E-state index contributed by atoms with van der Waals surface area (Å²) in [5.74, 6) is 0. The van der Waals surface area contributed by atoms with E-state index < -0.39 is 0 Å². The number of hydrogen-bond donors (Lipinski definition) is 1. The van der Waals surface area contributed by atoms with Gasteiger partial charge in [0.2, 0.25) is 0 Å². The highest BCUT2D eigenvalue weighted by Crippen LogP contribution is 2.30. The fourth-order valence-corrected chi connectivity index (χ4v) is 2.48. The minimum Gasteiger partial charge on any atom is -0.383 e. The van der Waals surface area contributed by atoms with E-state index in [9.17, 15) is 0 Å². The van der Waals surface area contributed by atoms with E-state index in [0.717, 1.165) is 39.0 Å². The summed E-state index contributed by atoms with van der Waals surface area (Å²) in [6, 6.07) is 2.59. The maximum atomic E-state index is 5.09. The maximum absolute atomic E-state index is 5.09. The van der Waals surface area contributed by atoms with Crippen molar-refractivity contribution in [2.45, 2.75) is 53.0 Å². The zero-order chi connectivity index (χ0) is 15.0. The summed E-state index contributed by atoms with van der Waals surface area (Å²) in [4.78, 5) is 0. The van der Waals surface area contributed by atoms with Gasteiger partial charge < -0.3 is 10.1 Å². The lowest BCUT2D eigenvalue weighted by molar-refractivity contribution is 0.185. The van der Waals surface area contributed by atoms with Gasteiger partial charge in [-0.1, -0.05) is 13.8 Å². The van der Waals surface area contributed by atoms with Crippen LogP contribution >= 0.6 is 0 Å². The molecule has 20 heavy (non-hydrogen) atoms. The number of methoxy groups -OCH3 is 1. The molecule has 4 heteroatoms. The van der Waals surface area contributed by atoms with E-state index in [0.29, 0.717) is 11.5 Å². The summed E-state index contributed by atoms with van der Waals surface area (Å²) < 4.78 is 7.14. The van der Waals surface area contributed by atoms with Crippen LogP contribution in [0.25, 0.3) is 0 Å². The van der Waals surface area contributed by atoms with Crippen LogP contribution in [-0.4, -0.2) is 36.6 Å². The molecule has 0 fully saturated rings. The van der Waals surface area contributed by atoms with Gasteiger partial charge in [-0.2, -0.15) is 5.10 Å². The Morgan fingerprint density at radius 2 is 2.05 bits per heavy atom. The first kappa shape index (κ1) is 17.2. The molecule has 0 radical (unpaired) electrons. The lowest BCUT2D eigenvalue weighted by atomic mass is 9.78. The lowest BCUT2D eigenvalue weighted by Gasteiger charge is -2.31. The number of ether oxygens (including phenoxy) is 1. The predicted molar refractivity (Wildman–Crippen MR) is 84.1 cm³/mol. The Bertz CT molecular complexity index is 370. The Morgan fingerprint density at radius 3 is 2.55 bits per heavy atom. The van der Waals surface area contributed by atoms with Crippen LogP contribution < -0.4 is 5.32 Å². The lowest BCUT2D eigenvalue weighted by Crippen LogP contribution is -2.37. The van der Waals surface area contributed by atoms with E-state index in [1.54, 1.807) is 7.11 Å². The van der Waals surface area contributed by atoms with Crippen molar-refractivity contribution in [3.63, 3.8) is 0 Å². The van der Waals surface area contributed by atoms with Crippen LogP contribution in [0.4, 0.5) is 0 Å². The van der Waals surface area contributed by atoms with E-state index in [1.165, 1.54) is 5.69 Å². The van der Waals surface area contributed by atoms with Gasteiger partial charge in [0.25, 0.3) is 0 Å². The molecule has 0 spiro atoms. The Morgan fingerprint density at radius 1 is 1.35 bits per heavy atom. The van der Waals surface area contributed by atoms with Crippen LogP contribution in [-0.2, 0) is 11.2 Å². The van der Waals surface area contributed by atoms with Crippen molar-refractivity contribution in [3.05, 3.63) is 18.0 Å². The smallest absolute Gasteiger partial charge is 0.0630 e. The normalized spacial score (nSPS) is 12.3. The predicted octanol–water partition coefficient (Wildman–Crippen LogP) is 3.05. The first-order valence-electron chi connectivity index (χ1n) is 7.80. The molecule has 0 aliphatic carbocycles. The van der Waals surface area contributed by atoms with Gasteiger partial charge in [-0.15, -0.1) is 0 Å². The third-order valence-electron chi connectivity index (χ3n) is 4.23. The average molecular weight is 281 g/mol. The van der Waals surface area contributed by atoms with Gasteiger partial charge in [0.1, 0.15) is 0 Å². The second-order valence-corrected chi connectivity index (χ2v) is 5.93. The van der Waals surface area contributed by atoms with Crippen molar-refractivity contribution in [2.24, 2.45) is 5.41 Å². The summed E-state index contributed by atoms with van der Waals surface area (Å²) in [5, 5.41) is 8.22. The van der Waals surface area contributed by atoms with Crippen LogP contribution in [0.15, 0.2) is 12.3 Å². The highest BCUT2D eigenvalue weighted by Gasteiger charge is 2.27. The second kappa shape index (κ2) is 8.42. The molecule has 1 rings (SSSR count). The van der Waals surface area contributed by atoms with Crippen molar-refractivity contribution >= 4 is 0 Å². The number of rotatable bonds is 10. The third kappa shape index (κ3) is 4.91. The van der Waals surface area contributed by atoms with E-state index in [2.05, 4.69) is 45.3 Å². The zero-order valence-corrected chi connectivity index (χ0v) is 13.8. The fourth-order valence-electron chi connectivity index (χ4n) is 2.48. The standard InChI is InChI=1S/C16H31N3O/c1-6-16(7-2,13-17-9-11-20-5)12-15-8-10-19(18-15)14(3)4/h8,10,14,17H,6-7,9,11-13H2,1-5H3. The minimum absolute atomic E-state index is 0.296. The number of nitrogens with zero attached hydrogens (tertiary/aromatic N) is 2. The molecule has 4 nitrogen and oxygen atoms in total. The molecule has 1 aromatic rings. The highest BCUT2D eigenvalue weighted by atomic mass is 16.5. The maximum Gasteiger partial charge on any atom is 0.0630 e. The minimum atomic E-state index is 0.296. The van der Waals surface area contributed by atoms with Gasteiger partial charge >= 0.3 is 0 Å². The zero-order valence-electron chi connectivity index (χ0n) is 13.8. The largest absolute Gasteiger partial charge is 0.383 e. The topological polar surface area (TPSA) is 39.1 Å². The van der Waals surface area contributed by atoms with Crippen molar-refractivity contribution < 1.29 is 4.74 Å². The third-order valence-corrected chi connectivity index (χ3v) is 4.23. The van der Waals surface area contributed by atoms with Crippen LogP contribution in [0, 0.1) is 5.41 Å². The van der Waals surface area contributed by atoms with Crippen molar-refractivity contribution in [1.82, 2.24) is 15.1 Å². The summed E-state index contributed by atoms with van der Waals surface area (Å²) >= 11 is 0. The van der Waals surface area contributed by atoms with Gasteiger partial charge in [-0.3, -0.25) is 4.68 Å². The summed E-state index contributed by atoms with van der Waals surface area (Å²) in [6.07, 6.45) is 5.46. The molecule has 0 amide bonds. The molecule has 0 saturated heterocycles. The molecule has 0 aliphatic rings. The molecular formula is C16H31N3O. The summed E-state index contributed by atoms with van der Waals surface area (Å²) in [5.41, 5.74) is 1.50.